The topological polar surface area (TPSA) is 97.4 Å². The van der Waals surface area contributed by atoms with Gasteiger partial charge in [-0.05, 0) is 60.2 Å². The molecule has 1 saturated heterocycles. The molecule has 0 aromatic heterocycles. The third-order valence-electron chi connectivity index (χ3n) is 6.18. The van der Waals surface area contributed by atoms with Crippen molar-refractivity contribution in [1.82, 2.24) is 9.80 Å². The van der Waals surface area contributed by atoms with Crippen molar-refractivity contribution in [2.75, 3.05) is 44.3 Å². The minimum Gasteiger partial charge on any atom is -0.484 e. The maximum atomic E-state index is 12.7. The molecule has 9 nitrogen and oxygen atoms in total. The van der Waals surface area contributed by atoms with Gasteiger partial charge in [0.05, 0.1) is 10.6 Å². The lowest BCUT2D eigenvalue weighted by molar-refractivity contribution is -0.135. The molecule has 1 amide bonds. The van der Waals surface area contributed by atoms with Crippen LogP contribution in [0.15, 0.2) is 65.6 Å². The van der Waals surface area contributed by atoms with Crippen LogP contribution in [0.25, 0.3) is 0 Å². The van der Waals surface area contributed by atoms with Gasteiger partial charge in [-0.1, -0.05) is 29.3 Å². The number of fused-ring (bicyclic) bond motifs is 1. The third kappa shape index (κ3) is 6.44. The molecule has 1 fully saturated rings. The normalized spacial score (nSPS) is 15.4. The van der Waals surface area contributed by atoms with Crippen LogP contribution >= 0.6 is 23.2 Å². The molecule has 3 aromatic rings. The standard InChI is InChI=1S/C26H25Cl2N3O6S/c27-19-12-20(28)14-21(13-19)29-38(33,34)23-4-2-22(3-5-23)35-16-26(32)31-9-7-30(8-10-31)15-18-1-6-24-25(11-18)37-17-36-24/h1-6,11-14,29H,7-10,15-17H2. The van der Waals surface area contributed by atoms with Gasteiger partial charge in [0.15, 0.2) is 18.1 Å². The van der Waals surface area contributed by atoms with Crippen LogP contribution in [-0.4, -0.2) is 63.7 Å². The predicted octanol–water partition coefficient (Wildman–Crippen LogP) is 4.25. The van der Waals surface area contributed by atoms with Crippen LogP contribution in [0.5, 0.6) is 17.2 Å². The van der Waals surface area contributed by atoms with E-state index >= 15 is 0 Å². The first-order valence-electron chi connectivity index (χ1n) is 11.9. The number of nitrogens with one attached hydrogen (secondary N) is 1. The maximum Gasteiger partial charge on any atom is 0.261 e. The zero-order chi connectivity index (χ0) is 26.7. The summed E-state index contributed by atoms with van der Waals surface area (Å²) >= 11 is 11.9. The fraction of sp³-hybridized carbons (Fsp3) is 0.269. The van der Waals surface area contributed by atoms with Crippen molar-refractivity contribution < 1.29 is 27.4 Å². The second kappa shape index (κ2) is 11.3. The number of ether oxygens (including phenoxy) is 3. The van der Waals surface area contributed by atoms with Crippen LogP contribution in [0.4, 0.5) is 5.69 Å². The number of piperazine rings is 1. The molecular formula is C26H25Cl2N3O6S. The van der Waals surface area contributed by atoms with Gasteiger partial charge in [-0.2, -0.15) is 0 Å². The number of nitrogens with zero attached hydrogens (tertiary/aromatic N) is 2. The Morgan fingerprint density at radius 3 is 2.29 bits per heavy atom. The monoisotopic (exact) mass is 577 g/mol. The van der Waals surface area contributed by atoms with E-state index < -0.39 is 10.0 Å². The highest BCUT2D eigenvalue weighted by Crippen LogP contribution is 2.33. The first-order valence-corrected chi connectivity index (χ1v) is 14.1. The number of amides is 1. The second-order valence-corrected chi connectivity index (χ2v) is 11.4. The first-order chi connectivity index (χ1) is 18.2. The molecule has 5 rings (SSSR count). The van der Waals surface area contributed by atoms with Gasteiger partial charge in [0.1, 0.15) is 5.75 Å². The molecule has 200 valence electrons. The Kier molecular flexibility index (Phi) is 7.85. The SMILES string of the molecule is O=C(COc1ccc(S(=O)(=O)Nc2cc(Cl)cc(Cl)c2)cc1)N1CCN(Cc2ccc3c(c2)OCO3)CC1. The number of halogens is 2. The Balaban J connectivity index is 1.09. The highest BCUT2D eigenvalue weighted by atomic mass is 35.5. The van der Waals surface area contributed by atoms with Gasteiger partial charge in [0, 0.05) is 42.8 Å². The summed E-state index contributed by atoms with van der Waals surface area (Å²) in [5.74, 6) is 1.80. The molecule has 0 atom stereocenters. The summed E-state index contributed by atoms with van der Waals surface area (Å²) in [6, 6.07) is 16.2. The van der Waals surface area contributed by atoms with Gasteiger partial charge >= 0.3 is 0 Å². The van der Waals surface area contributed by atoms with Crippen molar-refractivity contribution in [3.63, 3.8) is 0 Å². The maximum absolute atomic E-state index is 12.7. The van der Waals surface area contributed by atoms with E-state index in [9.17, 15) is 13.2 Å². The Morgan fingerprint density at radius 2 is 1.58 bits per heavy atom. The van der Waals surface area contributed by atoms with Gasteiger partial charge in [0.2, 0.25) is 6.79 Å². The molecule has 0 bridgehead atoms. The van der Waals surface area contributed by atoms with Gasteiger partial charge in [-0.25, -0.2) is 8.42 Å². The first kappa shape index (κ1) is 26.4. The average molecular weight is 578 g/mol. The zero-order valence-electron chi connectivity index (χ0n) is 20.2. The van der Waals surface area contributed by atoms with Crippen molar-refractivity contribution in [2.45, 2.75) is 11.4 Å². The molecule has 3 aromatic carbocycles. The lowest BCUT2D eigenvalue weighted by Crippen LogP contribution is -2.49. The van der Waals surface area contributed by atoms with Crippen LogP contribution in [0, 0.1) is 0 Å². The number of rotatable bonds is 8. The summed E-state index contributed by atoms with van der Waals surface area (Å²) < 4.78 is 44.2. The number of carbonyl (C=O) groups is 1. The molecule has 2 aliphatic rings. The summed E-state index contributed by atoms with van der Waals surface area (Å²) in [7, 11) is -3.86. The fourth-order valence-corrected chi connectivity index (χ4v) is 5.80. The van der Waals surface area contributed by atoms with Crippen LogP contribution in [0.3, 0.4) is 0 Å². The number of anilines is 1. The molecule has 12 heteroatoms. The lowest BCUT2D eigenvalue weighted by Gasteiger charge is -2.34. The number of hydrogen-bond acceptors (Lipinski definition) is 7. The average Bonchev–Trinajstić information content (AvgIpc) is 3.35. The Labute approximate surface area is 230 Å². The molecule has 0 aliphatic carbocycles. The summed E-state index contributed by atoms with van der Waals surface area (Å²) in [5, 5.41) is 0.629. The van der Waals surface area contributed by atoms with Gasteiger partial charge in [-0.15, -0.1) is 0 Å². The summed E-state index contributed by atoms with van der Waals surface area (Å²) in [6.07, 6.45) is 0. The summed E-state index contributed by atoms with van der Waals surface area (Å²) in [6.45, 7) is 3.58. The van der Waals surface area contributed by atoms with Crippen molar-refractivity contribution in [1.29, 1.82) is 0 Å². The zero-order valence-corrected chi connectivity index (χ0v) is 22.6. The smallest absolute Gasteiger partial charge is 0.261 e. The Hall–Kier alpha value is -3.18. The summed E-state index contributed by atoms with van der Waals surface area (Å²) in [4.78, 5) is 16.8. The number of benzene rings is 3. The van der Waals surface area contributed by atoms with Crippen molar-refractivity contribution in [3.05, 3.63) is 76.3 Å². The highest BCUT2D eigenvalue weighted by Gasteiger charge is 2.23. The Bertz CT molecular complexity index is 1410. The van der Waals surface area contributed by atoms with E-state index in [0.717, 1.165) is 36.7 Å². The van der Waals surface area contributed by atoms with E-state index in [2.05, 4.69) is 9.62 Å². The van der Waals surface area contributed by atoms with Gasteiger partial charge in [-0.3, -0.25) is 14.4 Å². The molecule has 0 saturated carbocycles. The minimum atomic E-state index is -3.86. The van der Waals surface area contributed by atoms with Gasteiger partial charge in [0.25, 0.3) is 15.9 Å². The van der Waals surface area contributed by atoms with E-state index in [1.54, 1.807) is 4.90 Å². The van der Waals surface area contributed by atoms with E-state index in [0.29, 0.717) is 28.9 Å². The van der Waals surface area contributed by atoms with Crippen molar-refractivity contribution in [2.24, 2.45) is 0 Å². The van der Waals surface area contributed by atoms with E-state index in [4.69, 9.17) is 37.4 Å². The second-order valence-electron chi connectivity index (χ2n) is 8.87. The van der Waals surface area contributed by atoms with E-state index in [1.807, 2.05) is 18.2 Å². The van der Waals surface area contributed by atoms with E-state index in [-0.39, 0.29) is 29.9 Å². The lowest BCUT2D eigenvalue weighted by atomic mass is 10.1. The molecule has 1 N–H and O–H groups in total. The molecule has 2 aliphatic heterocycles. The van der Waals surface area contributed by atoms with Crippen LogP contribution < -0.4 is 18.9 Å². The molecule has 2 heterocycles. The number of sulfonamides is 1. The largest absolute Gasteiger partial charge is 0.484 e. The van der Waals surface area contributed by atoms with Crippen LogP contribution in [-0.2, 0) is 21.4 Å². The van der Waals surface area contributed by atoms with Gasteiger partial charge < -0.3 is 19.1 Å². The van der Waals surface area contributed by atoms with Crippen LogP contribution in [0.2, 0.25) is 10.0 Å². The minimum absolute atomic E-state index is 0.0332. The summed E-state index contributed by atoms with van der Waals surface area (Å²) in [5.41, 5.74) is 1.39. The number of hydrogen-bond donors (Lipinski definition) is 1. The highest BCUT2D eigenvalue weighted by molar-refractivity contribution is 7.92. The van der Waals surface area contributed by atoms with Crippen molar-refractivity contribution >= 4 is 44.8 Å². The van der Waals surface area contributed by atoms with Crippen molar-refractivity contribution in [3.8, 4) is 17.2 Å². The van der Waals surface area contributed by atoms with Crippen LogP contribution in [0.1, 0.15) is 5.56 Å². The predicted molar refractivity (Wildman–Crippen MR) is 144 cm³/mol. The quantitative estimate of drug-likeness (QED) is 0.427. The molecule has 0 radical (unpaired) electrons. The molecule has 0 unspecified atom stereocenters. The molecular weight excluding hydrogens is 553 g/mol. The fourth-order valence-electron chi connectivity index (χ4n) is 4.23. The Morgan fingerprint density at radius 1 is 0.895 bits per heavy atom. The number of carbonyl (C=O) groups excluding carboxylic acids is 1. The molecule has 0 spiro atoms. The third-order valence-corrected chi connectivity index (χ3v) is 8.01. The molecule has 38 heavy (non-hydrogen) atoms. The van der Waals surface area contributed by atoms with E-state index in [1.165, 1.54) is 42.5 Å².